The van der Waals surface area contributed by atoms with Crippen LogP contribution < -0.4 is 0 Å². The molecule has 0 aliphatic heterocycles. The second-order valence-corrected chi connectivity index (χ2v) is 0. The molecule has 8 N–H and O–H groups in total. The fourth-order valence-electron chi connectivity index (χ4n) is 0. The van der Waals surface area contributed by atoms with Gasteiger partial charge in [-0.05, 0) is 0 Å². The van der Waals surface area contributed by atoms with Crippen molar-refractivity contribution in [1.82, 2.24) is 0 Å². The maximum Gasteiger partial charge on any atom is 0 e. The molecule has 0 aromatic carbocycles. The fraction of sp³-hybridized carbons (Fsp3) is 0. The summed E-state index contributed by atoms with van der Waals surface area (Å²) < 4.78 is 0. The van der Waals surface area contributed by atoms with Gasteiger partial charge in [0.1, 0.15) is 0 Å². The van der Waals surface area contributed by atoms with Crippen LogP contribution in [-0.2, 0) is 21.7 Å². The van der Waals surface area contributed by atoms with Gasteiger partial charge in [0, 0.05) is 21.7 Å². The zero-order valence-electron chi connectivity index (χ0n) is 5.21. The molecule has 0 aliphatic rings. The summed E-state index contributed by atoms with van der Waals surface area (Å²) in [6.45, 7) is 0. The smallest absolute Gasteiger partial charge is 0 e. The van der Waals surface area contributed by atoms with E-state index >= 15 is 0 Å². The van der Waals surface area contributed by atoms with Crippen LogP contribution in [0.25, 0.3) is 0 Å². The van der Waals surface area contributed by atoms with E-state index in [0.717, 1.165) is 0 Å². The van der Waals surface area contributed by atoms with Gasteiger partial charge in [-0.1, -0.05) is 0 Å². The second kappa shape index (κ2) is 71.6. The van der Waals surface area contributed by atoms with E-state index in [2.05, 4.69) is 0 Å². The van der Waals surface area contributed by atoms with Gasteiger partial charge >= 0.3 is 66.5 Å². The molecule has 4 nitrogen and oxygen atoms in total. The van der Waals surface area contributed by atoms with Crippen LogP contribution in [0, 0.1) is 0 Å². The molecule has 48 valence electrons. The summed E-state index contributed by atoms with van der Waals surface area (Å²) in [5, 5.41) is 0. The van der Waals surface area contributed by atoms with E-state index in [1.165, 1.54) is 0 Å². The summed E-state index contributed by atoms with van der Waals surface area (Å²) in [4.78, 5) is 0. The Morgan fingerprint density at radius 1 is 0.714 bits per heavy atom. The Labute approximate surface area is 111 Å². The van der Waals surface area contributed by atoms with Crippen LogP contribution in [0.5, 0.6) is 0 Å². The van der Waals surface area contributed by atoms with Crippen LogP contribution in [0.4, 0.5) is 0 Å². The van der Waals surface area contributed by atoms with Crippen LogP contribution in [0.1, 0.15) is 2.85 Å². The minimum absolute atomic E-state index is 0. The van der Waals surface area contributed by atoms with E-state index < -0.39 is 0 Å². The van der Waals surface area contributed by atoms with Crippen LogP contribution in [0.15, 0.2) is 0 Å². The molecule has 0 rings (SSSR count). The Balaban J connectivity index is 0. The van der Waals surface area contributed by atoms with Crippen LogP contribution in [0.3, 0.4) is 0 Å². The molecule has 7 heteroatoms. The third kappa shape index (κ3) is 54.1. The van der Waals surface area contributed by atoms with E-state index in [4.69, 9.17) is 0 Å². The average molecular weight is 336 g/mol. The quantitative estimate of drug-likeness (QED) is 0.393. The van der Waals surface area contributed by atoms with Crippen LogP contribution >= 0.6 is 0 Å². The molecule has 0 atom stereocenters. The Hall–Kier alpha value is 2.67. The third-order valence-electron chi connectivity index (χ3n) is 0. The van der Waals surface area contributed by atoms with Crippen molar-refractivity contribution in [2.24, 2.45) is 0 Å². The Kier molecular flexibility index (Phi) is 1040. The van der Waals surface area contributed by atoms with E-state index in [1.807, 2.05) is 0 Å². The third-order valence-corrected chi connectivity index (χ3v) is 0. The topological polar surface area (TPSA) is 126 Å². The molecule has 0 amide bonds. The number of hydrogen-bond donors (Lipinski definition) is 0. The van der Waals surface area contributed by atoms with Crippen molar-refractivity contribution < 1.29 is 46.5 Å². The van der Waals surface area contributed by atoms with Gasteiger partial charge in [0.25, 0.3) is 0 Å². The number of rotatable bonds is 0. The van der Waals surface area contributed by atoms with Crippen LogP contribution in [-0.4, -0.2) is 88.4 Å². The number of hydrogen-bond acceptors (Lipinski definition) is 0. The monoisotopic (exact) mass is 338 g/mol. The summed E-state index contributed by atoms with van der Waals surface area (Å²) in [7, 11) is 0. The predicted octanol–water partition coefficient (Wildman–Crippen LogP) is -4.91. The van der Waals surface area contributed by atoms with E-state index in [-0.39, 0.29) is 113 Å². The molecule has 0 aromatic rings. The molecule has 0 bridgehead atoms. The predicted molar refractivity (Wildman–Crippen MR) is 33.8 cm³/mol. The molecule has 7 heavy (non-hydrogen) atoms. The Morgan fingerprint density at radius 3 is 0.714 bits per heavy atom. The van der Waals surface area contributed by atoms with E-state index in [0.29, 0.717) is 0 Å². The van der Waals surface area contributed by atoms with Gasteiger partial charge in [0.2, 0.25) is 0 Å². The summed E-state index contributed by atoms with van der Waals surface area (Å²) in [5.74, 6) is 0. The molecule has 0 saturated heterocycles. The molecule has 0 aliphatic carbocycles. The summed E-state index contributed by atoms with van der Waals surface area (Å²) in [6, 6.07) is 0. The largest absolute Gasteiger partial charge is 1.00 e. The zero-order chi connectivity index (χ0) is 0. The SMILES string of the molecule is O.O.O.O.[Ba+2].[GeH4].[H-].[H-].[Ti]. The first kappa shape index (κ1) is 102. The van der Waals surface area contributed by atoms with Gasteiger partial charge in [-0.15, -0.1) is 0 Å². The van der Waals surface area contributed by atoms with Crippen molar-refractivity contribution >= 4 is 66.5 Å². The van der Waals surface area contributed by atoms with Crippen molar-refractivity contribution in [2.75, 3.05) is 0 Å². The molecule has 0 unspecified atom stereocenters. The van der Waals surface area contributed by atoms with Crippen molar-refractivity contribution in [3.05, 3.63) is 0 Å². The minimum atomic E-state index is 0. The molecule has 0 heterocycles. The van der Waals surface area contributed by atoms with Gasteiger partial charge < -0.3 is 24.8 Å². The Bertz CT molecular complexity index is 18.5. The average Bonchev–Trinajstić information content (AvgIpc) is 0. The van der Waals surface area contributed by atoms with Gasteiger partial charge in [0.05, 0.1) is 0 Å². The normalized spacial score (nSPS) is 0. The first-order valence-corrected chi connectivity index (χ1v) is 0. The standard InChI is InChI=1S/Ba.GeH4.4H2O.Ti.2H/h;1H4;4*1H2;;;/q+2;;;;;;;2*-1. The molecule has 0 spiro atoms. The Morgan fingerprint density at radius 2 is 0.714 bits per heavy atom. The zero-order valence-corrected chi connectivity index (χ0v) is 9.21. The first-order chi connectivity index (χ1) is 0. The second-order valence-electron chi connectivity index (χ2n) is 0. The van der Waals surface area contributed by atoms with Crippen molar-refractivity contribution in [3.8, 4) is 0 Å². The maximum absolute atomic E-state index is 0. The molecule has 0 aromatic heterocycles. The molecular formula is H14BaGeO4Ti. The molecule has 0 fully saturated rings. The van der Waals surface area contributed by atoms with E-state index in [1.54, 1.807) is 0 Å². The van der Waals surface area contributed by atoms with Crippen molar-refractivity contribution in [3.63, 3.8) is 0 Å². The van der Waals surface area contributed by atoms with Crippen molar-refractivity contribution in [2.45, 2.75) is 0 Å². The minimum Gasteiger partial charge on any atom is -1.00 e. The van der Waals surface area contributed by atoms with Crippen LogP contribution in [0.2, 0.25) is 0 Å². The summed E-state index contributed by atoms with van der Waals surface area (Å²) in [5.41, 5.74) is 0. The van der Waals surface area contributed by atoms with Gasteiger partial charge in [-0.3, -0.25) is 0 Å². The molecular weight excluding hydrogens is 322 g/mol. The summed E-state index contributed by atoms with van der Waals surface area (Å²) >= 11 is 0. The van der Waals surface area contributed by atoms with Gasteiger partial charge in [-0.25, -0.2) is 0 Å². The van der Waals surface area contributed by atoms with E-state index in [9.17, 15) is 0 Å². The van der Waals surface area contributed by atoms with Gasteiger partial charge in [0.15, 0.2) is 0 Å². The molecule has 0 saturated carbocycles. The van der Waals surface area contributed by atoms with Crippen molar-refractivity contribution in [1.29, 1.82) is 0 Å². The summed E-state index contributed by atoms with van der Waals surface area (Å²) in [6.07, 6.45) is 0. The van der Waals surface area contributed by atoms with Gasteiger partial charge in [-0.2, -0.15) is 0 Å². The molecule has 0 radical (unpaired) electrons. The first-order valence-electron chi connectivity index (χ1n) is 0. The fourth-order valence-corrected chi connectivity index (χ4v) is 0. The maximum atomic E-state index is 0.